The van der Waals surface area contributed by atoms with Gasteiger partial charge in [0.05, 0.1) is 0 Å². The summed E-state index contributed by atoms with van der Waals surface area (Å²) in [6.45, 7) is 3.65. The van der Waals surface area contributed by atoms with E-state index in [4.69, 9.17) is 4.74 Å². The van der Waals surface area contributed by atoms with Crippen molar-refractivity contribution < 1.29 is 9.84 Å². The minimum atomic E-state index is -0.194. The Kier molecular flexibility index (Phi) is 6.24. The van der Waals surface area contributed by atoms with E-state index in [1.165, 1.54) is 4.46 Å². The standard InChI is InChI=1S/C13H18O2Se/c1-3-4-5-11(14)10-16-13-8-6-12(15-2)7-9-13/h3,6-9,11,14H,1,4-5,10H2,2H3. The Morgan fingerprint density at radius 1 is 1.44 bits per heavy atom. The van der Waals surface area contributed by atoms with Crippen LogP contribution in [0.4, 0.5) is 0 Å². The summed E-state index contributed by atoms with van der Waals surface area (Å²) in [6, 6.07) is 8.07. The zero-order chi connectivity index (χ0) is 11.8. The fraction of sp³-hybridized carbons (Fsp3) is 0.385. The molecule has 3 heteroatoms. The summed E-state index contributed by atoms with van der Waals surface area (Å²) < 4.78 is 6.39. The quantitative estimate of drug-likeness (QED) is 0.611. The Balaban J connectivity index is 2.33. The molecule has 0 radical (unpaired) electrons. The number of benzene rings is 1. The van der Waals surface area contributed by atoms with Gasteiger partial charge in [-0.3, -0.25) is 0 Å². The third-order valence-electron chi connectivity index (χ3n) is 2.21. The molecule has 1 unspecified atom stereocenters. The zero-order valence-electron chi connectivity index (χ0n) is 9.56. The number of methoxy groups -OCH3 is 1. The molecule has 16 heavy (non-hydrogen) atoms. The maximum absolute atomic E-state index is 9.69. The van der Waals surface area contributed by atoms with E-state index in [1.807, 2.05) is 18.2 Å². The fourth-order valence-corrected chi connectivity index (χ4v) is 3.10. The average molecular weight is 285 g/mol. The Morgan fingerprint density at radius 2 is 2.12 bits per heavy atom. The molecule has 2 nitrogen and oxygen atoms in total. The van der Waals surface area contributed by atoms with Crippen molar-refractivity contribution in [3.05, 3.63) is 36.9 Å². The summed E-state index contributed by atoms with van der Waals surface area (Å²) >= 11 is 0.340. The summed E-state index contributed by atoms with van der Waals surface area (Å²) in [7, 11) is 1.67. The topological polar surface area (TPSA) is 29.5 Å². The molecule has 0 heterocycles. The SMILES string of the molecule is C=CCCC(O)C[Se]c1ccc(OC)cc1. The van der Waals surface area contributed by atoms with Gasteiger partial charge in [-0.05, 0) is 0 Å². The first kappa shape index (κ1) is 13.3. The van der Waals surface area contributed by atoms with Gasteiger partial charge in [0.25, 0.3) is 0 Å². The van der Waals surface area contributed by atoms with Gasteiger partial charge in [0.1, 0.15) is 0 Å². The van der Waals surface area contributed by atoms with Crippen molar-refractivity contribution in [3.8, 4) is 5.75 Å². The van der Waals surface area contributed by atoms with Crippen LogP contribution in [0.15, 0.2) is 36.9 Å². The first-order chi connectivity index (χ1) is 7.76. The van der Waals surface area contributed by atoms with E-state index in [9.17, 15) is 5.11 Å². The molecule has 88 valence electrons. The van der Waals surface area contributed by atoms with Crippen molar-refractivity contribution in [2.45, 2.75) is 24.3 Å². The van der Waals surface area contributed by atoms with E-state index in [0.29, 0.717) is 15.0 Å². The molecule has 1 aromatic carbocycles. The van der Waals surface area contributed by atoms with Gasteiger partial charge in [-0.15, -0.1) is 0 Å². The summed E-state index contributed by atoms with van der Waals surface area (Å²) in [5, 5.41) is 10.6. The molecule has 1 rings (SSSR count). The monoisotopic (exact) mass is 286 g/mol. The van der Waals surface area contributed by atoms with Crippen LogP contribution >= 0.6 is 0 Å². The average Bonchev–Trinajstić information content (AvgIpc) is 2.34. The Bertz CT molecular complexity index is 308. The van der Waals surface area contributed by atoms with Crippen LogP contribution in [0.25, 0.3) is 0 Å². The van der Waals surface area contributed by atoms with Crippen LogP contribution in [0.2, 0.25) is 5.32 Å². The molecule has 0 aliphatic heterocycles. The molecule has 0 aliphatic rings. The second kappa shape index (κ2) is 7.50. The van der Waals surface area contributed by atoms with Crippen LogP contribution in [0.1, 0.15) is 12.8 Å². The molecule has 1 aromatic rings. The summed E-state index contributed by atoms with van der Waals surface area (Å²) in [5.41, 5.74) is 0. The number of ether oxygens (including phenoxy) is 1. The molecule has 1 atom stereocenters. The van der Waals surface area contributed by atoms with Gasteiger partial charge in [-0.1, -0.05) is 0 Å². The molecule has 0 saturated carbocycles. The van der Waals surface area contributed by atoms with Crippen molar-refractivity contribution in [2.75, 3.05) is 7.11 Å². The van der Waals surface area contributed by atoms with Crippen LogP contribution in [-0.2, 0) is 0 Å². The Hall–Kier alpha value is -0.761. The number of rotatable bonds is 7. The molecule has 0 spiro atoms. The van der Waals surface area contributed by atoms with Crippen molar-refractivity contribution in [1.29, 1.82) is 0 Å². The van der Waals surface area contributed by atoms with Crippen LogP contribution in [0.5, 0.6) is 5.75 Å². The summed E-state index contributed by atoms with van der Waals surface area (Å²) in [4.78, 5) is 0. The van der Waals surface area contributed by atoms with Gasteiger partial charge >= 0.3 is 103 Å². The van der Waals surface area contributed by atoms with Crippen LogP contribution < -0.4 is 9.20 Å². The van der Waals surface area contributed by atoms with E-state index in [-0.39, 0.29) is 6.10 Å². The third-order valence-corrected chi connectivity index (χ3v) is 4.63. The molecule has 0 saturated heterocycles. The maximum atomic E-state index is 9.69. The van der Waals surface area contributed by atoms with Crippen LogP contribution in [0.3, 0.4) is 0 Å². The Morgan fingerprint density at radius 3 is 2.69 bits per heavy atom. The third kappa shape index (κ3) is 4.84. The number of aliphatic hydroxyl groups is 1. The number of allylic oxidation sites excluding steroid dienone is 1. The van der Waals surface area contributed by atoms with Gasteiger partial charge in [-0.25, -0.2) is 0 Å². The number of hydrogen-bond donors (Lipinski definition) is 1. The Labute approximate surface area is 103 Å². The van der Waals surface area contributed by atoms with E-state index >= 15 is 0 Å². The van der Waals surface area contributed by atoms with Crippen molar-refractivity contribution >= 4 is 19.4 Å². The predicted octanol–water partition coefficient (Wildman–Crippen LogP) is 1.77. The van der Waals surface area contributed by atoms with Gasteiger partial charge in [0, 0.05) is 0 Å². The molecule has 0 fully saturated rings. The van der Waals surface area contributed by atoms with E-state index < -0.39 is 0 Å². The molecule has 0 bridgehead atoms. The zero-order valence-corrected chi connectivity index (χ0v) is 11.3. The first-order valence-corrected chi connectivity index (χ1v) is 7.39. The van der Waals surface area contributed by atoms with Gasteiger partial charge in [0.15, 0.2) is 0 Å². The van der Waals surface area contributed by atoms with Crippen molar-refractivity contribution in [3.63, 3.8) is 0 Å². The van der Waals surface area contributed by atoms with Crippen molar-refractivity contribution in [1.82, 2.24) is 0 Å². The molecule has 0 amide bonds. The van der Waals surface area contributed by atoms with E-state index in [2.05, 4.69) is 18.7 Å². The second-order valence-electron chi connectivity index (χ2n) is 3.51. The summed E-state index contributed by atoms with van der Waals surface area (Å²) in [5.74, 6) is 0.881. The molecular formula is C13H18O2Se. The van der Waals surface area contributed by atoms with Gasteiger partial charge in [-0.2, -0.15) is 0 Å². The second-order valence-corrected chi connectivity index (χ2v) is 5.80. The van der Waals surface area contributed by atoms with E-state index in [0.717, 1.165) is 23.9 Å². The van der Waals surface area contributed by atoms with E-state index in [1.54, 1.807) is 7.11 Å². The van der Waals surface area contributed by atoms with Gasteiger partial charge in [0.2, 0.25) is 0 Å². The molecular weight excluding hydrogens is 267 g/mol. The fourth-order valence-electron chi connectivity index (χ4n) is 1.26. The van der Waals surface area contributed by atoms with Crippen molar-refractivity contribution in [2.24, 2.45) is 0 Å². The number of aliphatic hydroxyl groups excluding tert-OH is 1. The normalized spacial score (nSPS) is 12.1. The molecule has 0 aliphatic carbocycles. The predicted molar refractivity (Wildman–Crippen MR) is 68.6 cm³/mol. The number of hydrogen-bond acceptors (Lipinski definition) is 2. The van der Waals surface area contributed by atoms with Crippen LogP contribution in [-0.4, -0.2) is 33.3 Å². The summed E-state index contributed by atoms with van der Waals surface area (Å²) in [6.07, 6.45) is 3.37. The van der Waals surface area contributed by atoms with Crippen LogP contribution in [0, 0.1) is 0 Å². The van der Waals surface area contributed by atoms with Gasteiger partial charge < -0.3 is 0 Å². The minimum absolute atomic E-state index is 0.194. The molecule has 0 aromatic heterocycles. The first-order valence-electron chi connectivity index (χ1n) is 5.32. The molecule has 1 N–H and O–H groups in total.